The molecule has 10 heteroatoms. The Labute approximate surface area is 225 Å². The summed E-state index contributed by atoms with van der Waals surface area (Å²) in [6, 6.07) is 0. The van der Waals surface area contributed by atoms with Crippen LogP contribution in [0.4, 0.5) is 0 Å². The molecule has 0 aromatic rings. The molecule has 0 bridgehead atoms. The number of hydrogen-bond donors (Lipinski definition) is 4. The highest BCUT2D eigenvalue weighted by atomic mass is 35.5. The number of fused-ring (bicyclic) bond motifs is 3. The molecule has 4 fully saturated rings. The van der Waals surface area contributed by atoms with E-state index in [4.69, 9.17) is 9.47 Å². The van der Waals surface area contributed by atoms with Crippen molar-refractivity contribution in [2.75, 3.05) is 19.6 Å². The van der Waals surface area contributed by atoms with Gasteiger partial charge in [-0.05, 0) is 44.9 Å². The van der Waals surface area contributed by atoms with Crippen LogP contribution in [0.25, 0.3) is 0 Å². The van der Waals surface area contributed by atoms with Crippen molar-refractivity contribution in [2.24, 2.45) is 16.7 Å². The monoisotopic (exact) mass is 545 g/mol. The highest BCUT2D eigenvalue weighted by molar-refractivity contribution is 5.92. The van der Waals surface area contributed by atoms with E-state index in [9.17, 15) is 30.0 Å². The van der Waals surface area contributed by atoms with Gasteiger partial charge in [0, 0.05) is 30.8 Å². The molecule has 4 unspecified atom stereocenters. The van der Waals surface area contributed by atoms with E-state index in [-0.39, 0.29) is 31.5 Å². The standard InChI is InChI=1S/C27H43NO8.ClH/c1-7-24(4)14-18(31)27(34)25(5)17(30)8-11-23(2,3)21(25)20(22(33)26(27,6)36-24)35-19(32)15-28-12-9-16(29)10-13-28;/h7,16-17,20-22,29-30,33-34H,1,8-15H2,2-6H3;1H/t17-,20?,21?,22?,24-,25?,26+,27-;/m0./s1. The van der Waals surface area contributed by atoms with Gasteiger partial charge in [-0.3, -0.25) is 14.5 Å². The summed E-state index contributed by atoms with van der Waals surface area (Å²) in [5, 5.41) is 45.3. The Morgan fingerprint density at radius 1 is 1.14 bits per heavy atom. The molecule has 2 saturated heterocycles. The van der Waals surface area contributed by atoms with Crippen molar-refractivity contribution in [2.45, 2.75) is 108 Å². The van der Waals surface area contributed by atoms with Gasteiger partial charge in [0.05, 0.1) is 24.4 Å². The number of Topliss-reactive ketones (excluding diaryl/α,β-unsaturated/α-hetero) is 1. The van der Waals surface area contributed by atoms with Gasteiger partial charge in [-0.15, -0.1) is 19.0 Å². The number of rotatable bonds is 4. The van der Waals surface area contributed by atoms with Crippen molar-refractivity contribution in [1.82, 2.24) is 4.90 Å². The first-order chi connectivity index (χ1) is 16.6. The highest BCUT2D eigenvalue weighted by Crippen LogP contribution is 2.67. The zero-order valence-corrected chi connectivity index (χ0v) is 23.4. The molecule has 2 aliphatic heterocycles. The third-order valence-electron chi connectivity index (χ3n) is 9.91. The number of carbonyl (C=O) groups is 2. The fourth-order valence-electron chi connectivity index (χ4n) is 7.85. The van der Waals surface area contributed by atoms with E-state index in [1.54, 1.807) is 13.8 Å². The zero-order valence-electron chi connectivity index (χ0n) is 22.6. The summed E-state index contributed by atoms with van der Waals surface area (Å²) in [5.41, 5.74) is -7.28. The first-order valence-electron chi connectivity index (χ1n) is 13.1. The Bertz CT molecular complexity index is 922. The Balaban J connectivity index is 0.00000380. The van der Waals surface area contributed by atoms with Gasteiger partial charge in [-0.2, -0.15) is 0 Å². The third-order valence-corrected chi connectivity index (χ3v) is 9.91. The van der Waals surface area contributed by atoms with Crippen molar-refractivity contribution >= 4 is 24.2 Å². The number of ketones is 1. The fraction of sp³-hybridized carbons (Fsp3) is 0.852. The number of piperidine rings is 1. The van der Waals surface area contributed by atoms with Crippen molar-refractivity contribution < 1.29 is 39.5 Å². The number of halogens is 1. The molecule has 4 N–H and O–H groups in total. The quantitative estimate of drug-likeness (QED) is 0.305. The van der Waals surface area contributed by atoms with Crippen LogP contribution in [0.1, 0.15) is 66.7 Å². The largest absolute Gasteiger partial charge is 0.458 e. The SMILES string of the molecule is C=C[C@@]1(C)CC(=O)[C@]2(O)C3(C)C(C(OC(=O)CN4CCC(O)CC4)C(O)[C@@]2(C)O1)C(C)(C)CC[C@@H]3O.Cl. The summed E-state index contributed by atoms with van der Waals surface area (Å²) < 4.78 is 12.3. The molecule has 0 aromatic heterocycles. The van der Waals surface area contributed by atoms with E-state index in [0.29, 0.717) is 38.8 Å². The molecule has 4 rings (SSSR count). The lowest BCUT2D eigenvalue weighted by molar-refractivity contribution is -0.370. The number of nitrogens with zero attached hydrogens (tertiary/aromatic N) is 1. The summed E-state index contributed by atoms with van der Waals surface area (Å²) in [5.74, 6) is -1.80. The van der Waals surface area contributed by atoms with E-state index < -0.39 is 63.6 Å². The second-order valence-corrected chi connectivity index (χ2v) is 12.7. The molecule has 2 aliphatic carbocycles. The number of aliphatic hydroxyl groups excluding tert-OH is 3. The molecule has 212 valence electrons. The van der Waals surface area contributed by atoms with Crippen LogP contribution in [0.15, 0.2) is 12.7 Å². The number of esters is 1. The molecule has 4 aliphatic rings. The summed E-state index contributed by atoms with van der Waals surface area (Å²) in [7, 11) is 0. The van der Waals surface area contributed by atoms with Gasteiger partial charge in [-0.25, -0.2) is 0 Å². The molecular formula is C27H44ClNO8. The lowest BCUT2D eigenvalue weighted by Gasteiger charge is -2.71. The van der Waals surface area contributed by atoms with Crippen molar-refractivity contribution in [3.8, 4) is 0 Å². The van der Waals surface area contributed by atoms with Crippen LogP contribution in [0, 0.1) is 16.7 Å². The molecule has 0 aromatic carbocycles. The number of ether oxygens (including phenoxy) is 2. The number of hydrogen-bond acceptors (Lipinski definition) is 9. The van der Waals surface area contributed by atoms with E-state index >= 15 is 0 Å². The molecule has 9 nitrogen and oxygen atoms in total. The van der Waals surface area contributed by atoms with Crippen molar-refractivity contribution in [1.29, 1.82) is 0 Å². The van der Waals surface area contributed by atoms with Gasteiger partial charge >= 0.3 is 5.97 Å². The van der Waals surface area contributed by atoms with Crippen LogP contribution in [-0.2, 0) is 19.1 Å². The van der Waals surface area contributed by atoms with Gasteiger partial charge in [0.25, 0.3) is 0 Å². The van der Waals surface area contributed by atoms with E-state index in [0.717, 1.165) is 0 Å². The van der Waals surface area contributed by atoms with E-state index in [1.165, 1.54) is 13.0 Å². The van der Waals surface area contributed by atoms with Gasteiger partial charge in [-0.1, -0.05) is 26.8 Å². The van der Waals surface area contributed by atoms with Crippen LogP contribution in [-0.4, -0.2) is 97.9 Å². The number of likely N-dealkylation sites (tertiary alicyclic amines) is 1. The lowest BCUT2D eigenvalue weighted by atomic mass is 9.40. The van der Waals surface area contributed by atoms with Gasteiger partial charge in [0.15, 0.2) is 11.4 Å². The topological polar surface area (TPSA) is 137 Å². The summed E-state index contributed by atoms with van der Waals surface area (Å²) in [4.78, 5) is 28.9. The van der Waals surface area contributed by atoms with Crippen LogP contribution in [0.2, 0.25) is 0 Å². The smallest absolute Gasteiger partial charge is 0.320 e. The van der Waals surface area contributed by atoms with Gasteiger partial charge in [0.1, 0.15) is 17.8 Å². The molecule has 37 heavy (non-hydrogen) atoms. The minimum atomic E-state index is -2.23. The maximum absolute atomic E-state index is 13.8. The first-order valence-corrected chi connectivity index (χ1v) is 13.1. The Morgan fingerprint density at radius 2 is 1.73 bits per heavy atom. The first kappa shape index (κ1) is 30.5. The number of carbonyl (C=O) groups excluding carboxylic acids is 2. The Morgan fingerprint density at radius 3 is 2.30 bits per heavy atom. The van der Waals surface area contributed by atoms with Gasteiger partial charge < -0.3 is 29.9 Å². The fourth-order valence-corrected chi connectivity index (χ4v) is 7.85. The highest BCUT2D eigenvalue weighted by Gasteiger charge is 2.81. The second kappa shape index (κ2) is 9.84. The maximum Gasteiger partial charge on any atom is 0.320 e. The molecule has 0 spiro atoms. The molecular weight excluding hydrogens is 502 g/mol. The molecule has 2 saturated carbocycles. The third kappa shape index (κ3) is 4.39. The Kier molecular flexibility index (Phi) is 8.10. The molecule has 0 radical (unpaired) electrons. The predicted octanol–water partition coefficient (Wildman–Crippen LogP) is 1.38. The number of aliphatic hydroxyl groups is 4. The average molecular weight is 546 g/mol. The minimum absolute atomic E-state index is 0. The van der Waals surface area contributed by atoms with E-state index in [2.05, 4.69) is 6.58 Å². The summed E-state index contributed by atoms with van der Waals surface area (Å²) in [6.45, 7) is 13.6. The molecule has 0 amide bonds. The van der Waals surface area contributed by atoms with Crippen molar-refractivity contribution in [3.63, 3.8) is 0 Å². The Hall–Kier alpha value is -1.07. The van der Waals surface area contributed by atoms with Crippen LogP contribution in [0.5, 0.6) is 0 Å². The van der Waals surface area contributed by atoms with Crippen LogP contribution in [0.3, 0.4) is 0 Å². The van der Waals surface area contributed by atoms with Crippen molar-refractivity contribution in [3.05, 3.63) is 12.7 Å². The lowest BCUT2D eigenvalue weighted by Crippen LogP contribution is -2.86. The average Bonchev–Trinajstić information content (AvgIpc) is 2.79. The van der Waals surface area contributed by atoms with E-state index in [1.807, 2.05) is 18.7 Å². The predicted molar refractivity (Wildman–Crippen MR) is 138 cm³/mol. The maximum atomic E-state index is 13.8. The molecule has 8 atom stereocenters. The summed E-state index contributed by atoms with van der Waals surface area (Å²) >= 11 is 0. The van der Waals surface area contributed by atoms with Gasteiger partial charge in [0.2, 0.25) is 0 Å². The minimum Gasteiger partial charge on any atom is -0.458 e. The normalized spacial score (nSPS) is 46.2. The molecule has 2 heterocycles. The zero-order chi connectivity index (χ0) is 26.9. The van der Waals surface area contributed by atoms with Crippen LogP contribution >= 0.6 is 12.4 Å². The second-order valence-electron chi connectivity index (χ2n) is 12.7. The van der Waals surface area contributed by atoms with Crippen LogP contribution < -0.4 is 0 Å². The summed E-state index contributed by atoms with van der Waals surface area (Å²) in [6.07, 6.45) is -0.768.